The number of fused-ring (bicyclic) bond motifs is 1. The molecule has 0 aliphatic heterocycles. The minimum Gasteiger partial charge on any atom is -0.484 e. The van der Waals surface area contributed by atoms with Crippen LogP contribution in [-0.4, -0.2) is 22.1 Å². The monoisotopic (exact) mass is 299 g/mol. The zero-order valence-corrected chi connectivity index (χ0v) is 11.9. The zero-order chi connectivity index (χ0) is 15.5. The standard InChI is InChI=1S/C16H14FN3O2/c1-20-10-18-14-8-12(4-7-15(14)20)19-16(21)9-22-13-5-2-11(17)3-6-13/h2-8,10H,9H2,1H3,(H,19,21). The topological polar surface area (TPSA) is 56.2 Å². The lowest BCUT2D eigenvalue weighted by molar-refractivity contribution is -0.118. The fourth-order valence-electron chi connectivity index (χ4n) is 2.09. The molecule has 6 heteroatoms. The van der Waals surface area contributed by atoms with Crippen molar-refractivity contribution in [3.05, 3.63) is 54.6 Å². The van der Waals surface area contributed by atoms with Crippen molar-refractivity contribution in [1.29, 1.82) is 0 Å². The average Bonchev–Trinajstić information content (AvgIpc) is 2.88. The molecule has 1 N–H and O–H groups in total. The van der Waals surface area contributed by atoms with Crippen molar-refractivity contribution in [1.82, 2.24) is 9.55 Å². The van der Waals surface area contributed by atoms with Gasteiger partial charge in [-0.3, -0.25) is 4.79 Å². The maximum atomic E-state index is 12.8. The number of anilines is 1. The summed E-state index contributed by atoms with van der Waals surface area (Å²) in [7, 11) is 1.91. The molecule has 1 aromatic heterocycles. The second-order valence-corrected chi connectivity index (χ2v) is 4.85. The molecular weight excluding hydrogens is 285 g/mol. The van der Waals surface area contributed by atoms with Crippen LogP contribution in [-0.2, 0) is 11.8 Å². The first kappa shape index (κ1) is 14.1. The van der Waals surface area contributed by atoms with Crippen molar-refractivity contribution in [2.45, 2.75) is 0 Å². The van der Waals surface area contributed by atoms with E-state index in [4.69, 9.17) is 4.74 Å². The Balaban J connectivity index is 1.61. The lowest BCUT2D eigenvalue weighted by Crippen LogP contribution is -2.20. The van der Waals surface area contributed by atoms with E-state index >= 15 is 0 Å². The lowest BCUT2D eigenvalue weighted by atomic mass is 10.2. The molecule has 1 amide bonds. The zero-order valence-electron chi connectivity index (χ0n) is 11.9. The number of hydrogen-bond donors (Lipinski definition) is 1. The van der Waals surface area contributed by atoms with Crippen LogP contribution in [0.3, 0.4) is 0 Å². The van der Waals surface area contributed by atoms with Crippen molar-refractivity contribution in [2.75, 3.05) is 11.9 Å². The van der Waals surface area contributed by atoms with Gasteiger partial charge in [-0.25, -0.2) is 9.37 Å². The fraction of sp³-hybridized carbons (Fsp3) is 0.125. The molecule has 3 rings (SSSR count). The van der Waals surface area contributed by atoms with E-state index in [2.05, 4.69) is 10.3 Å². The third-order valence-electron chi connectivity index (χ3n) is 3.19. The van der Waals surface area contributed by atoms with E-state index in [1.807, 2.05) is 17.7 Å². The molecule has 0 saturated carbocycles. The van der Waals surface area contributed by atoms with Crippen molar-refractivity contribution < 1.29 is 13.9 Å². The van der Waals surface area contributed by atoms with Gasteiger partial charge in [0.1, 0.15) is 11.6 Å². The van der Waals surface area contributed by atoms with Crippen LogP contribution in [0.15, 0.2) is 48.8 Å². The Labute approximate surface area is 126 Å². The minimum atomic E-state index is -0.347. The number of amides is 1. The van der Waals surface area contributed by atoms with Gasteiger partial charge in [0, 0.05) is 12.7 Å². The number of carbonyl (C=O) groups is 1. The molecule has 22 heavy (non-hydrogen) atoms. The first-order valence-electron chi connectivity index (χ1n) is 6.71. The Bertz CT molecular complexity index is 812. The number of halogens is 1. The number of benzene rings is 2. The highest BCUT2D eigenvalue weighted by molar-refractivity contribution is 5.94. The highest BCUT2D eigenvalue weighted by atomic mass is 19.1. The summed E-state index contributed by atoms with van der Waals surface area (Å²) in [5.74, 6) is -0.197. The van der Waals surface area contributed by atoms with E-state index in [0.29, 0.717) is 11.4 Å². The first-order chi connectivity index (χ1) is 10.6. The summed E-state index contributed by atoms with van der Waals surface area (Å²) in [6.45, 7) is -0.147. The van der Waals surface area contributed by atoms with Crippen molar-refractivity contribution >= 4 is 22.6 Å². The van der Waals surface area contributed by atoms with Crippen LogP contribution >= 0.6 is 0 Å². The summed E-state index contributed by atoms with van der Waals surface area (Å²) in [6, 6.07) is 11.0. The highest BCUT2D eigenvalue weighted by Crippen LogP contribution is 2.17. The number of ether oxygens (including phenoxy) is 1. The summed E-state index contributed by atoms with van der Waals surface area (Å²) in [5.41, 5.74) is 2.44. The Morgan fingerprint density at radius 3 is 2.82 bits per heavy atom. The molecule has 0 radical (unpaired) electrons. The van der Waals surface area contributed by atoms with E-state index in [1.165, 1.54) is 24.3 Å². The van der Waals surface area contributed by atoms with Gasteiger partial charge in [-0.2, -0.15) is 0 Å². The van der Waals surface area contributed by atoms with E-state index in [0.717, 1.165) is 11.0 Å². The molecule has 3 aromatic rings. The Kier molecular flexibility index (Phi) is 3.74. The second kappa shape index (κ2) is 5.85. The van der Waals surface area contributed by atoms with Gasteiger partial charge in [0.15, 0.2) is 6.61 Å². The Hall–Kier alpha value is -2.89. The number of imidazole rings is 1. The second-order valence-electron chi connectivity index (χ2n) is 4.85. The number of nitrogens with one attached hydrogen (secondary N) is 1. The van der Waals surface area contributed by atoms with Crippen LogP contribution in [0, 0.1) is 5.82 Å². The van der Waals surface area contributed by atoms with Gasteiger partial charge in [0.25, 0.3) is 5.91 Å². The Morgan fingerprint density at radius 1 is 1.27 bits per heavy atom. The quantitative estimate of drug-likeness (QED) is 0.806. The van der Waals surface area contributed by atoms with Crippen LogP contribution in [0.1, 0.15) is 0 Å². The Morgan fingerprint density at radius 2 is 2.05 bits per heavy atom. The molecule has 0 aliphatic rings. The number of rotatable bonds is 4. The summed E-state index contributed by atoms with van der Waals surface area (Å²) >= 11 is 0. The smallest absolute Gasteiger partial charge is 0.262 e. The van der Waals surface area contributed by atoms with E-state index < -0.39 is 0 Å². The van der Waals surface area contributed by atoms with Gasteiger partial charge in [-0.05, 0) is 42.5 Å². The maximum Gasteiger partial charge on any atom is 0.262 e. The van der Waals surface area contributed by atoms with Gasteiger partial charge >= 0.3 is 0 Å². The molecule has 0 fully saturated rings. The SMILES string of the molecule is Cn1cnc2cc(NC(=O)COc3ccc(F)cc3)ccc21. The van der Waals surface area contributed by atoms with Gasteiger partial charge in [0.2, 0.25) is 0 Å². The van der Waals surface area contributed by atoms with Crippen molar-refractivity contribution in [2.24, 2.45) is 7.05 Å². The predicted octanol–water partition coefficient (Wildman–Crippen LogP) is 2.73. The number of aromatic nitrogens is 2. The molecule has 0 atom stereocenters. The maximum absolute atomic E-state index is 12.8. The fourth-order valence-corrected chi connectivity index (χ4v) is 2.09. The average molecular weight is 299 g/mol. The van der Waals surface area contributed by atoms with Gasteiger partial charge in [-0.15, -0.1) is 0 Å². The van der Waals surface area contributed by atoms with Crippen LogP contribution in [0.5, 0.6) is 5.75 Å². The minimum absolute atomic E-state index is 0.147. The number of nitrogens with zero attached hydrogens (tertiary/aromatic N) is 2. The number of carbonyl (C=O) groups excluding carboxylic acids is 1. The predicted molar refractivity (Wildman–Crippen MR) is 81.2 cm³/mol. The first-order valence-corrected chi connectivity index (χ1v) is 6.71. The summed E-state index contributed by atoms with van der Waals surface area (Å²) < 4.78 is 19.9. The molecule has 0 spiro atoms. The lowest BCUT2D eigenvalue weighted by Gasteiger charge is -2.07. The van der Waals surface area contributed by atoms with Crippen LogP contribution in [0.25, 0.3) is 11.0 Å². The normalized spacial score (nSPS) is 10.6. The van der Waals surface area contributed by atoms with Crippen molar-refractivity contribution in [3.63, 3.8) is 0 Å². The molecule has 1 heterocycles. The molecule has 112 valence electrons. The molecule has 5 nitrogen and oxygen atoms in total. The van der Waals surface area contributed by atoms with Crippen molar-refractivity contribution in [3.8, 4) is 5.75 Å². The van der Waals surface area contributed by atoms with Gasteiger partial charge < -0.3 is 14.6 Å². The van der Waals surface area contributed by atoms with Gasteiger partial charge in [-0.1, -0.05) is 0 Å². The third kappa shape index (κ3) is 3.06. The molecule has 0 bridgehead atoms. The molecular formula is C16H14FN3O2. The highest BCUT2D eigenvalue weighted by Gasteiger charge is 2.06. The molecule has 2 aromatic carbocycles. The number of hydrogen-bond acceptors (Lipinski definition) is 3. The molecule has 0 unspecified atom stereocenters. The number of aryl methyl sites for hydroxylation is 1. The molecule has 0 aliphatic carbocycles. The van der Waals surface area contributed by atoms with E-state index in [9.17, 15) is 9.18 Å². The third-order valence-corrected chi connectivity index (χ3v) is 3.19. The van der Waals surface area contributed by atoms with Crippen LogP contribution in [0.4, 0.5) is 10.1 Å². The summed E-state index contributed by atoms with van der Waals surface area (Å²) in [6.07, 6.45) is 1.72. The van der Waals surface area contributed by atoms with Crippen LogP contribution < -0.4 is 10.1 Å². The largest absolute Gasteiger partial charge is 0.484 e. The summed E-state index contributed by atoms with van der Waals surface area (Å²) in [4.78, 5) is 16.1. The van der Waals surface area contributed by atoms with E-state index in [-0.39, 0.29) is 18.3 Å². The molecule has 0 saturated heterocycles. The summed E-state index contributed by atoms with van der Waals surface area (Å²) in [5, 5.41) is 2.74. The van der Waals surface area contributed by atoms with Crippen LogP contribution in [0.2, 0.25) is 0 Å². The van der Waals surface area contributed by atoms with E-state index in [1.54, 1.807) is 18.5 Å². The van der Waals surface area contributed by atoms with Gasteiger partial charge in [0.05, 0.1) is 17.4 Å².